The van der Waals surface area contributed by atoms with Gasteiger partial charge in [0.1, 0.15) is 0 Å². The van der Waals surface area contributed by atoms with E-state index in [2.05, 4.69) is 11.7 Å². The smallest absolute Gasteiger partial charge is 0.0697 e. The predicted octanol–water partition coefficient (Wildman–Crippen LogP) is 0.841. The molecule has 0 amide bonds. The summed E-state index contributed by atoms with van der Waals surface area (Å²) in [6.45, 7) is 10.7. The number of aliphatic hydroxyl groups is 4. The van der Waals surface area contributed by atoms with E-state index in [4.69, 9.17) is 34.6 Å². The van der Waals surface area contributed by atoms with Gasteiger partial charge in [0.2, 0.25) is 0 Å². The Kier molecular flexibility index (Phi) is 56.7. The molecule has 4 N–H and O–H groups in total. The average Bonchev–Trinajstić information content (AvgIpc) is 2.66. The van der Waals surface area contributed by atoms with Crippen molar-refractivity contribution in [2.75, 3.05) is 79.8 Å². The Morgan fingerprint density at radius 1 is 0.538 bits per heavy atom. The second kappa shape index (κ2) is 44.3. The third-order valence-corrected chi connectivity index (χ3v) is 2.20. The summed E-state index contributed by atoms with van der Waals surface area (Å²) in [5.74, 6) is 0. The van der Waals surface area contributed by atoms with Gasteiger partial charge in [-0.05, 0) is 19.8 Å². The molecule has 0 heterocycles. The average molecular weight is 389 g/mol. The van der Waals surface area contributed by atoms with Crippen molar-refractivity contribution in [3.63, 3.8) is 0 Å². The normalized spacial score (nSPS) is 9.23. The molecule has 0 atom stereocenters. The van der Waals surface area contributed by atoms with Gasteiger partial charge in [0, 0.05) is 26.9 Å². The summed E-state index contributed by atoms with van der Waals surface area (Å²) >= 11 is 0. The van der Waals surface area contributed by atoms with Gasteiger partial charge in [-0.2, -0.15) is 0 Å². The highest BCUT2D eigenvalue weighted by Crippen LogP contribution is 1.85. The highest BCUT2D eigenvalue weighted by molar-refractivity contribution is 4.30. The van der Waals surface area contributed by atoms with Gasteiger partial charge in [-0.3, -0.25) is 0 Å². The van der Waals surface area contributed by atoms with E-state index in [9.17, 15) is 0 Å². The lowest BCUT2D eigenvalue weighted by molar-refractivity contribution is 0.0904. The molecule has 0 aliphatic heterocycles. The fourth-order valence-corrected chi connectivity index (χ4v) is 1.02. The van der Waals surface area contributed by atoms with E-state index in [1.807, 2.05) is 13.8 Å². The fraction of sp³-hybridized carbons (Fsp3) is 1.00. The third-order valence-electron chi connectivity index (χ3n) is 2.20. The quantitative estimate of drug-likeness (QED) is 0.323. The number of hydrogen-bond donors (Lipinski definition) is 4. The minimum Gasteiger partial charge on any atom is -0.394 e. The number of methoxy groups -OCH3 is 1. The van der Waals surface area contributed by atoms with Crippen LogP contribution in [0.3, 0.4) is 0 Å². The molecule has 0 aliphatic carbocycles. The van der Waals surface area contributed by atoms with Crippen LogP contribution in [0.15, 0.2) is 0 Å². The lowest BCUT2D eigenvalue weighted by Crippen LogP contribution is -1.99. The molecule has 0 aliphatic rings. The summed E-state index contributed by atoms with van der Waals surface area (Å²) in [5.41, 5.74) is 0. The second-order valence-electron chi connectivity index (χ2n) is 4.66. The van der Waals surface area contributed by atoms with E-state index in [1.165, 1.54) is 0 Å². The summed E-state index contributed by atoms with van der Waals surface area (Å²) in [4.78, 5) is 0. The molecule has 0 bridgehead atoms. The van der Waals surface area contributed by atoms with Crippen LogP contribution >= 0.6 is 0 Å². The van der Waals surface area contributed by atoms with Crippen LogP contribution in [0.2, 0.25) is 0 Å². The van der Waals surface area contributed by atoms with Gasteiger partial charge < -0.3 is 39.4 Å². The number of hydrogen-bond acceptors (Lipinski definition) is 8. The number of unbranched alkanes of at least 4 members (excludes halogenated alkanes) is 1. The molecule has 26 heavy (non-hydrogen) atoms. The van der Waals surface area contributed by atoms with Gasteiger partial charge in [0.15, 0.2) is 0 Å². The summed E-state index contributed by atoms with van der Waals surface area (Å²) < 4.78 is 19.0. The van der Waals surface area contributed by atoms with Gasteiger partial charge in [-0.1, -0.05) is 20.3 Å². The molecular weight excluding hydrogens is 344 g/mol. The van der Waals surface area contributed by atoms with Gasteiger partial charge in [0.05, 0.1) is 52.9 Å². The molecule has 0 saturated carbocycles. The molecule has 164 valence electrons. The first-order valence-corrected chi connectivity index (χ1v) is 9.32. The summed E-state index contributed by atoms with van der Waals surface area (Å²) in [6.07, 6.45) is 3.28. The summed E-state index contributed by atoms with van der Waals surface area (Å²) in [6, 6.07) is 0. The Morgan fingerprint density at radius 3 is 1.27 bits per heavy atom. The van der Waals surface area contributed by atoms with Crippen molar-refractivity contribution in [3.05, 3.63) is 0 Å². The van der Waals surface area contributed by atoms with E-state index in [0.717, 1.165) is 32.5 Å². The molecule has 8 nitrogen and oxygen atoms in total. The van der Waals surface area contributed by atoms with Crippen LogP contribution in [-0.2, 0) is 18.9 Å². The molecule has 0 radical (unpaired) electrons. The Labute approximate surface area is 160 Å². The molecule has 0 aromatic carbocycles. The van der Waals surface area contributed by atoms with Crippen LogP contribution in [0.5, 0.6) is 0 Å². The van der Waals surface area contributed by atoms with Gasteiger partial charge in [0.25, 0.3) is 0 Å². The summed E-state index contributed by atoms with van der Waals surface area (Å²) in [5, 5.41) is 32.4. The minimum atomic E-state index is 0.122. The maximum atomic E-state index is 8.24. The Balaban J connectivity index is -0.000000126. The topological polar surface area (TPSA) is 118 Å². The second-order valence-corrected chi connectivity index (χ2v) is 4.66. The van der Waals surface area contributed by atoms with E-state index >= 15 is 0 Å². The highest BCUT2D eigenvalue weighted by Gasteiger charge is 1.82. The van der Waals surface area contributed by atoms with E-state index in [1.54, 1.807) is 7.11 Å². The first-order chi connectivity index (χ1) is 12.7. The first-order valence-electron chi connectivity index (χ1n) is 9.32. The monoisotopic (exact) mass is 388 g/mol. The van der Waals surface area contributed by atoms with Gasteiger partial charge >= 0.3 is 0 Å². The zero-order chi connectivity index (χ0) is 20.7. The first kappa shape index (κ1) is 33.3. The molecule has 0 unspecified atom stereocenters. The van der Waals surface area contributed by atoms with Crippen LogP contribution < -0.4 is 0 Å². The fourth-order valence-electron chi connectivity index (χ4n) is 1.02. The zero-order valence-corrected chi connectivity index (χ0v) is 17.3. The van der Waals surface area contributed by atoms with Crippen molar-refractivity contribution in [1.29, 1.82) is 0 Å². The van der Waals surface area contributed by atoms with Crippen LogP contribution in [-0.4, -0.2) is 100 Å². The summed E-state index contributed by atoms with van der Waals surface area (Å²) in [7, 11) is 1.55. The van der Waals surface area contributed by atoms with E-state index in [0.29, 0.717) is 33.0 Å². The lowest BCUT2D eigenvalue weighted by Gasteiger charge is -1.97. The zero-order valence-electron chi connectivity index (χ0n) is 17.3. The number of ether oxygens (including phenoxy) is 4. The van der Waals surface area contributed by atoms with Crippen molar-refractivity contribution in [1.82, 2.24) is 0 Å². The van der Waals surface area contributed by atoms with Crippen molar-refractivity contribution in [2.45, 2.75) is 40.0 Å². The minimum absolute atomic E-state index is 0.122. The maximum absolute atomic E-state index is 8.24. The molecule has 0 saturated heterocycles. The van der Waals surface area contributed by atoms with Crippen LogP contribution in [0.25, 0.3) is 0 Å². The van der Waals surface area contributed by atoms with Gasteiger partial charge in [-0.25, -0.2) is 0 Å². The Morgan fingerprint density at radius 2 is 1.00 bits per heavy atom. The van der Waals surface area contributed by atoms with Crippen LogP contribution in [0, 0.1) is 0 Å². The van der Waals surface area contributed by atoms with Crippen LogP contribution in [0.4, 0.5) is 0 Å². The van der Waals surface area contributed by atoms with E-state index < -0.39 is 0 Å². The standard InChI is InChI=1S/C6H14O2.C5H12O2.C4H10O2.C3H8O2/c1-2-3-5-8-6-4-7;1-2-4-7-5-3-6;1-2-6-4-3-5;1-5-3-2-4/h7H,2-6H2,1H3;6H,2-5H2,1H3;5H,2-4H2,1H3;4H,2-3H2,1H3. The predicted molar refractivity (Wildman–Crippen MR) is 104 cm³/mol. The largest absolute Gasteiger partial charge is 0.394 e. The number of aliphatic hydroxyl groups excluding tert-OH is 4. The molecule has 0 aromatic heterocycles. The molecule has 0 aromatic rings. The van der Waals surface area contributed by atoms with Crippen molar-refractivity contribution < 1.29 is 39.4 Å². The van der Waals surface area contributed by atoms with Crippen molar-refractivity contribution in [3.8, 4) is 0 Å². The van der Waals surface area contributed by atoms with Gasteiger partial charge in [-0.15, -0.1) is 0 Å². The highest BCUT2D eigenvalue weighted by atomic mass is 16.5. The maximum Gasteiger partial charge on any atom is 0.0697 e. The molecule has 0 rings (SSSR count). The Bertz CT molecular complexity index is 157. The van der Waals surface area contributed by atoms with Crippen molar-refractivity contribution >= 4 is 0 Å². The SMILES string of the molecule is CCCCOCCO.CCCOCCO.CCOCCO.COCCO. The Hall–Kier alpha value is -0.320. The molecule has 0 fully saturated rings. The molecule has 0 spiro atoms. The number of rotatable bonds is 14. The molecular formula is C18H44O8. The van der Waals surface area contributed by atoms with Crippen molar-refractivity contribution in [2.24, 2.45) is 0 Å². The van der Waals surface area contributed by atoms with Crippen LogP contribution in [0.1, 0.15) is 40.0 Å². The lowest BCUT2D eigenvalue weighted by atomic mass is 10.4. The molecule has 8 heteroatoms. The third kappa shape index (κ3) is 65.1. The van der Waals surface area contributed by atoms with E-state index in [-0.39, 0.29) is 26.4 Å².